The molecule has 1 amide bonds. The normalized spacial score (nSPS) is 13.0. The summed E-state index contributed by atoms with van der Waals surface area (Å²) < 4.78 is 10.8. The molecule has 146 valence electrons. The standard InChI is InChI=1S/C20H19BrN2O4S/c1-26-16-8-7-12(9-15(16)21)20(25)27-11-18(24)23-19-14(10-22)13-5-3-2-4-6-17(13)28-19/h7-9H,2-6,11H2,1H3,(H,23,24). The number of methoxy groups -OCH3 is 1. The number of nitrogens with one attached hydrogen (secondary N) is 1. The van der Waals surface area contributed by atoms with E-state index >= 15 is 0 Å². The maximum Gasteiger partial charge on any atom is 0.338 e. The number of nitrogens with zero attached hydrogens (tertiary/aromatic N) is 1. The highest BCUT2D eigenvalue weighted by Crippen LogP contribution is 2.37. The Bertz CT molecular complexity index is 948. The Labute approximate surface area is 175 Å². The lowest BCUT2D eigenvalue weighted by Gasteiger charge is -2.08. The lowest BCUT2D eigenvalue weighted by atomic mass is 10.1. The van der Waals surface area contributed by atoms with Crippen molar-refractivity contribution in [3.63, 3.8) is 0 Å². The molecule has 1 aliphatic rings. The lowest BCUT2D eigenvalue weighted by Crippen LogP contribution is -2.21. The van der Waals surface area contributed by atoms with Crippen LogP contribution < -0.4 is 10.1 Å². The number of ether oxygens (including phenoxy) is 2. The maximum atomic E-state index is 12.2. The molecule has 0 atom stereocenters. The van der Waals surface area contributed by atoms with E-state index in [9.17, 15) is 14.9 Å². The third-order valence-corrected chi connectivity index (χ3v) is 6.33. The van der Waals surface area contributed by atoms with Crippen LogP contribution in [0.1, 0.15) is 45.6 Å². The number of amides is 1. The minimum atomic E-state index is -0.610. The molecule has 1 heterocycles. The summed E-state index contributed by atoms with van der Waals surface area (Å²) in [5, 5.41) is 12.8. The van der Waals surface area contributed by atoms with Crippen molar-refractivity contribution in [1.29, 1.82) is 5.26 Å². The Morgan fingerprint density at radius 3 is 2.79 bits per heavy atom. The van der Waals surface area contributed by atoms with E-state index in [1.54, 1.807) is 18.2 Å². The monoisotopic (exact) mass is 462 g/mol. The first-order valence-electron chi connectivity index (χ1n) is 8.88. The maximum absolute atomic E-state index is 12.2. The molecule has 0 saturated carbocycles. The third kappa shape index (κ3) is 4.54. The molecule has 1 aliphatic carbocycles. The number of rotatable bonds is 5. The van der Waals surface area contributed by atoms with Gasteiger partial charge in [0.05, 0.1) is 22.7 Å². The molecular weight excluding hydrogens is 444 g/mol. The van der Waals surface area contributed by atoms with E-state index in [4.69, 9.17) is 9.47 Å². The highest BCUT2D eigenvalue weighted by Gasteiger charge is 2.21. The molecule has 0 unspecified atom stereocenters. The van der Waals surface area contributed by atoms with Crippen LogP contribution in [0.2, 0.25) is 0 Å². The van der Waals surface area contributed by atoms with E-state index in [-0.39, 0.29) is 0 Å². The van der Waals surface area contributed by atoms with Crippen LogP contribution in [0.25, 0.3) is 0 Å². The molecule has 1 aromatic carbocycles. The highest BCUT2D eigenvalue weighted by molar-refractivity contribution is 9.10. The number of anilines is 1. The van der Waals surface area contributed by atoms with Crippen LogP contribution in [0.4, 0.5) is 5.00 Å². The van der Waals surface area contributed by atoms with Gasteiger partial charge in [0.1, 0.15) is 16.8 Å². The van der Waals surface area contributed by atoms with E-state index in [0.717, 1.165) is 37.7 Å². The van der Waals surface area contributed by atoms with Crippen LogP contribution in [0, 0.1) is 11.3 Å². The van der Waals surface area contributed by atoms with Crippen molar-refractivity contribution >= 4 is 44.1 Å². The van der Waals surface area contributed by atoms with Gasteiger partial charge in [0.2, 0.25) is 0 Å². The van der Waals surface area contributed by atoms with Crippen molar-refractivity contribution in [3.05, 3.63) is 44.2 Å². The number of carbonyl (C=O) groups is 2. The fourth-order valence-electron chi connectivity index (χ4n) is 3.12. The summed E-state index contributed by atoms with van der Waals surface area (Å²) in [7, 11) is 1.53. The molecule has 0 fully saturated rings. The van der Waals surface area contributed by atoms with E-state index < -0.39 is 18.5 Å². The van der Waals surface area contributed by atoms with Gasteiger partial charge in [-0.2, -0.15) is 5.26 Å². The molecule has 0 bridgehead atoms. The SMILES string of the molecule is COc1ccc(C(=O)OCC(=O)Nc2sc3c(c2C#N)CCCCC3)cc1Br. The van der Waals surface area contributed by atoms with Gasteiger partial charge in [-0.1, -0.05) is 6.42 Å². The average molecular weight is 463 g/mol. The molecule has 0 saturated heterocycles. The van der Waals surface area contributed by atoms with Crippen LogP contribution in [-0.2, 0) is 22.4 Å². The van der Waals surface area contributed by atoms with E-state index in [1.165, 1.54) is 23.3 Å². The number of halogens is 1. The summed E-state index contributed by atoms with van der Waals surface area (Å²) >= 11 is 4.76. The van der Waals surface area contributed by atoms with Gasteiger partial charge in [-0.05, 0) is 65.4 Å². The number of esters is 1. The second-order valence-electron chi connectivity index (χ2n) is 6.35. The van der Waals surface area contributed by atoms with Crippen molar-refractivity contribution in [2.24, 2.45) is 0 Å². The quantitative estimate of drug-likeness (QED) is 0.523. The summed E-state index contributed by atoms with van der Waals surface area (Å²) in [6.45, 7) is -0.421. The number of aryl methyl sites for hydroxylation is 1. The van der Waals surface area contributed by atoms with Gasteiger partial charge in [0.15, 0.2) is 6.61 Å². The van der Waals surface area contributed by atoms with Gasteiger partial charge in [0.25, 0.3) is 5.91 Å². The van der Waals surface area contributed by atoms with Crippen molar-refractivity contribution in [3.8, 4) is 11.8 Å². The third-order valence-electron chi connectivity index (χ3n) is 4.51. The van der Waals surface area contributed by atoms with E-state index in [1.807, 2.05) is 0 Å². The number of thiophene rings is 1. The average Bonchev–Trinajstić information content (AvgIpc) is 2.85. The van der Waals surface area contributed by atoms with Crippen LogP contribution in [0.5, 0.6) is 5.75 Å². The number of carbonyl (C=O) groups excluding carboxylic acids is 2. The fourth-order valence-corrected chi connectivity index (χ4v) is 4.92. The fraction of sp³-hybridized carbons (Fsp3) is 0.350. The lowest BCUT2D eigenvalue weighted by molar-refractivity contribution is -0.119. The zero-order valence-corrected chi connectivity index (χ0v) is 17.7. The van der Waals surface area contributed by atoms with Crippen molar-refractivity contribution < 1.29 is 19.1 Å². The predicted octanol–water partition coefficient (Wildman–Crippen LogP) is 4.46. The summed E-state index contributed by atoms with van der Waals surface area (Å²) in [6.07, 6.45) is 5.12. The van der Waals surface area contributed by atoms with Crippen LogP contribution >= 0.6 is 27.3 Å². The zero-order chi connectivity index (χ0) is 20.1. The largest absolute Gasteiger partial charge is 0.496 e. The first-order valence-corrected chi connectivity index (χ1v) is 10.5. The highest BCUT2D eigenvalue weighted by atomic mass is 79.9. The number of nitriles is 1. The molecule has 0 radical (unpaired) electrons. The number of fused-ring (bicyclic) bond motifs is 1. The van der Waals surface area contributed by atoms with Crippen LogP contribution in [0.15, 0.2) is 22.7 Å². The van der Waals surface area contributed by atoms with Crippen LogP contribution in [0.3, 0.4) is 0 Å². The van der Waals surface area contributed by atoms with Gasteiger partial charge >= 0.3 is 5.97 Å². The van der Waals surface area contributed by atoms with Crippen molar-refractivity contribution in [2.45, 2.75) is 32.1 Å². The van der Waals surface area contributed by atoms with E-state index in [0.29, 0.717) is 26.4 Å². The first-order chi connectivity index (χ1) is 13.5. The minimum absolute atomic E-state index is 0.307. The Morgan fingerprint density at radius 2 is 2.07 bits per heavy atom. The molecule has 8 heteroatoms. The first kappa shape index (κ1) is 20.4. The van der Waals surface area contributed by atoms with Crippen molar-refractivity contribution in [1.82, 2.24) is 0 Å². The second-order valence-corrected chi connectivity index (χ2v) is 8.31. The number of benzene rings is 1. The molecule has 6 nitrogen and oxygen atoms in total. The molecule has 0 aliphatic heterocycles. The Balaban J connectivity index is 1.62. The van der Waals surface area contributed by atoms with Gasteiger partial charge in [-0.3, -0.25) is 4.79 Å². The zero-order valence-electron chi connectivity index (χ0n) is 15.3. The Morgan fingerprint density at radius 1 is 1.29 bits per heavy atom. The molecule has 1 N–H and O–H groups in total. The smallest absolute Gasteiger partial charge is 0.338 e. The summed E-state index contributed by atoms with van der Waals surface area (Å²) in [5.41, 5.74) is 1.90. The predicted molar refractivity (Wildman–Crippen MR) is 110 cm³/mol. The topological polar surface area (TPSA) is 88.4 Å². The van der Waals surface area contributed by atoms with Gasteiger partial charge in [0, 0.05) is 4.88 Å². The Hall–Kier alpha value is -2.37. The van der Waals surface area contributed by atoms with Crippen molar-refractivity contribution in [2.75, 3.05) is 19.0 Å². The molecule has 28 heavy (non-hydrogen) atoms. The molecule has 3 rings (SSSR count). The van der Waals surface area contributed by atoms with Gasteiger partial charge in [-0.25, -0.2) is 4.79 Å². The van der Waals surface area contributed by atoms with Gasteiger partial charge in [-0.15, -0.1) is 11.3 Å². The van der Waals surface area contributed by atoms with Gasteiger partial charge < -0.3 is 14.8 Å². The molecule has 2 aromatic rings. The number of hydrogen-bond acceptors (Lipinski definition) is 6. The molecule has 0 spiro atoms. The van der Waals surface area contributed by atoms with Crippen LogP contribution in [-0.4, -0.2) is 25.6 Å². The number of hydrogen-bond donors (Lipinski definition) is 1. The molecular formula is C20H19BrN2O4S. The summed E-state index contributed by atoms with van der Waals surface area (Å²) in [4.78, 5) is 25.6. The molecule has 1 aromatic heterocycles. The summed E-state index contributed by atoms with van der Waals surface area (Å²) in [5.74, 6) is -0.481. The summed E-state index contributed by atoms with van der Waals surface area (Å²) in [6, 6.07) is 6.99. The Kier molecular flexibility index (Phi) is 6.70. The minimum Gasteiger partial charge on any atom is -0.496 e. The van der Waals surface area contributed by atoms with E-state index in [2.05, 4.69) is 27.3 Å². The second kappa shape index (κ2) is 9.22.